The van der Waals surface area contributed by atoms with E-state index in [1.807, 2.05) is 6.07 Å². The van der Waals surface area contributed by atoms with Crippen molar-refractivity contribution in [1.82, 2.24) is 19.8 Å². The Morgan fingerprint density at radius 1 is 1.36 bits per heavy atom. The van der Waals surface area contributed by atoms with Crippen LogP contribution in [-0.4, -0.2) is 57.6 Å². The lowest BCUT2D eigenvalue weighted by Crippen LogP contribution is -2.49. The maximum Gasteiger partial charge on any atom is 0.586 e. The number of H-pyrrole nitrogens is 1. The molecular weight excluding hydrogens is 524 g/mol. The zero-order valence-electron chi connectivity index (χ0n) is 18.4. The first kappa shape index (κ1) is 25.1. The van der Waals surface area contributed by atoms with E-state index in [0.717, 1.165) is 4.88 Å². The largest absolute Gasteiger partial charge is 0.586 e. The van der Waals surface area contributed by atoms with Crippen LogP contribution in [0.3, 0.4) is 0 Å². The third-order valence-electron chi connectivity index (χ3n) is 4.78. The average molecular weight is 540 g/mol. The molecule has 1 saturated heterocycles. The van der Waals surface area contributed by atoms with Crippen LogP contribution in [0.25, 0.3) is 11.1 Å². The van der Waals surface area contributed by atoms with Crippen molar-refractivity contribution in [3.8, 4) is 28.7 Å². The molecule has 16 heteroatoms. The third kappa shape index (κ3) is 5.62. The van der Waals surface area contributed by atoms with Gasteiger partial charge in [0.2, 0.25) is 0 Å². The average Bonchev–Trinajstić information content (AvgIpc) is 3.53. The van der Waals surface area contributed by atoms with Gasteiger partial charge in [-0.2, -0.15) is 5.26 Å². The van der Waals surface area contributed by atoms with Crippen LogP contribution in [0.5, 0.6) is 11.5 Å². The summed E-state index contributed by atoms with van der Waals surface area (Å²) in [6.45, 7) is 0.931. The van der Waals surface area contributed by atoms with Gasteiger partial charge in [0.15, 0.2) is 21.0 Å². The summed E-state index contributed by atoms with van der Waals surface area (Å²) in [5.74, 6) is 0.164. The van der Waals surface area contributed by atoms with E-state index in [4.69, 9.17) is 21.6 Å². The summed E-state index contributed by atoms with van der Waals surface area (Å²) in [7, 11) is 1.67. The van der Waals surface area contributed by atoms with E-state index in [1.165, 1.54) is 23.6 Å². The van der Waals surface area contributed by atoms with Gasteiger partial charge in [-0.05, 0) is 6.07 Å². The van der Waals surface area contributed by atoms with E-state index in [0.29, 0.717) is 27.7 Å². The van der Waals surface area contributed by atoms with Crippen LogP contribution in [0.2, 0.25) is 4.47 Å². The highest BCUT2D eigenvalue weighted by atomic mass is 35.5. The van der Waals surface area contributed by atoms with Crippen LogP contribution in [-0.2, 0) is 11.3 Å². The predicted molar refractivity (Wildman–Crippen MR) is 123 cm³/mol. The molecule has 2 aliphatic rings. The van der Waals surface area contributed by atoms with Gasteiger partial charge in [-0.3, -0.25) is 0 Å². The van der Waals surface area contributed by atoms with Crippen molar-refractivity contribution in [2.24, 2.45) is 5.10 Å². The smallest absolute Gasteiger partial charge is 0.395 e. The van der Waals surface area contributed by atoms with Crippen LogP contribution in [0, 0.1) is 21.4 Å². The Hall–Kier alpha value is -4.00. The Bertz CT molecular complexity index is 1340. The molecule has 12 nitrogen and oxygen atoms in total. The number of aromatic amines is 1. The Morgan fingerprint density at radius 3 is 2.86 bits per heavy atom. The number of nitriles is 1. The number of hydrogen-bond acceptors (Lipinski definition) is 8. The van der Waals surface area contributed by atoms with E-state index in [1.54, 1.807) is 41.4 Å². The lowest BCUT2D eigenvalue weighted by molar-refractivity contribution is -0.486. The maximum absolute atomic E-state index is 13.0. The summed E-state index contributed by atoms with van der Waals surface area (Å²) in [6, 6.07) is 6.51. The van der Waals surface area contributed by atoms with Gasteiger partial charge in [0.05, 0.1) is 12.1 Å². The highest BCUT2D eigenvalue weighted by molar-refractivity contribution is 7.15. The van der Waals surface area contributed by atoms with Crippen molar-refractivity contribution in [2.75, 3.05) is 20.5 Å². The molecule has 1 N–H and O–H groups in total. The zero-order chi connectivity index (χ0) is 25.9. The van der Waals surface area contributed by atoms with Gasteiger partial charge in [-0.15, -0.1) is 20.1 Å². The predicted octanol–water partition coefficient (Wildman–Crippen LogP) is 3.90. The molecule has 2 aromatic heterocycles. The monoisotopic (exact) mass is 539 g/mol. The first-order chi connectivity index (χ1) is 17.2. The molecule has 1 aromatic carbocycles. The number of hydrogen-bond donors (Lipinski definition) is 1. The van der Waals surface area contributed by atoms with Gasteiger partial charge in [0.1, 0.15) is 24.6 Å². The molecule has 3 aromatic rings. The van der Waals surface area contributed by atoms with Crippen LogP contribution in [0.15, 0.2) is 41.9 Å². The molecule has 5 rings (SSSR count). The van der Waals surface area contributed by atoms with Crippen molar-refractivity contribution < 1.29 is 28.0 Å². The van der Waals surface area contributed by atoms with E-state index >= 15 is 0 Å². The second-order valence-electron chi connectivity index (χ2n) is 7.27. The molecule has 0 unspecified atom stereocenters. The summed E-state index contributed by atoms with van der Waals surface area (Å²) in [6.07, 6.45) is 1.00. The van der Waals surface area contributed by atoms with Gasteiger partial charge in [0.25, 0.3) is 5.96 Å². The summed E-state index contributed by atoms with van der Waals surface area (Å²) in [5, 5.41) is 22.1. The topological polar surface area (TPSA) is 142 Å². The quantitative estimate of drug-likeness (QED) is 0.385. The Balaban J connectivity index is 0.000000169. The highest BCUT2D eigenvalue weighted by Gasteiger charge is 2.44. The van der Waals surface area contributed by atoms with Crippen LogP contribution in [0.4, 0.5) is 8.78 Å². The fourth-order valence-corrected chi connectivity index (χ4v) is 4.37. The van der Waals surface area contributed by atoms with Crippen LogP contribution >= 0.6 is 22.9 Å². The minimum atomic E-state index is -3.67. The molecule has 0 amide bonds. The van der Waals surface area contributed by atoms with Crippen molar-refractivity contribution in [3.05, 3.63) is 61.8 Å². The van der Waals surface area contributed by atoms with Crippen LogP contribution in [0.1, 0.15) is 10.4 Å². The third-order valence-corrected chi connectivity index (χ3v) is 5.88. The number of halogens is 3. The number of nitrogens with one attached hydrogen (secondary N) is 1. The molecule has 0 atom stereocenters. The van der Waals surface area contributed by atoms with Crippen molar-refractivity contribution in [2.45, 2.75) is 12.8 Å². The number of benzene rings is 1. The minimum absolute atomic E-state index is 0.0393. The van der Waals surface area contributed by atoms with Crippen molar-refractivity contribution in [1.29, 1.82) is 5.26 Å². The number of thiazole rings is 1. The summed E-state index contributed by atoms with van der Waals surface area (Å²) >= 11 is 7.05. The number of fused-ring (bicyclic) bond motifs is 1. The number of hydrazone groups is 1. The van der Waals surface area contributed by atoms with E-state index < -0.39 is 11.3 Å². The van der Waals surface area contributed by atoms with Crippen molar-refractivity contribution >= 4 is 28.9 Å². The molecule has 36 heavy (non-hydrogen) atoms. The molecule has 0 aliphatic carbocycles. The fourth-order valence-electron chi connectivity index (χ4n) is 3.38. The maximum atomic E-state index is 13.0. The number of nitrogens with zero attached hydrogens (tertiary/aromatic N) is 6. The van der Waals surface area contributed by atoms with E-state index in [9.17, 15) is 18.9 Å². The van der Waals surface area contributed by atoms with Gasteiger partial charge < -0.3 is 29.0 Å². The Morgan fingerprint density at radius 2 is 2.17 bits per heavy atom. The first-order valence-electron chi connectivity index (χ1n) is 10.00. The number of guanidine groups is 1. The number of alkyl halides is 2. The second-order valence-corrected chi connectivity index (χ2v) is 8.97. The Labute approximate surface area is 211 Å². The number of nitro groups is 1. The molecule has 2 aliphatic heterocycles. The first-order valence-corrected chi connectivity index (χ1v) is 11.2. The number of para-hydroxylation sites is 1. The van der Waals surface area contributed by atoms with Crippen molar-refractivity contribution in [3.63, 3.8) is 0 Å². The van der Waals surface area contributed by atoms with Gasteiger partial charge in [-0.1, -0.05) is 23.7 Å². The lowest BCUT2D eigenvalue weighted by Gasteiger charge is -2.34. The zero-order valence-corrected chi connectivity index (χ0v) is 19.9. The molecule has 0 bridgehead atoms. The molecule has 1 fully saturated rings. The lowest BCUT2D eigenvalue weighted by atomic mass is 10.0. The normalized spacial score (nSPS) is 16.9. The number of rotatable bonds is 4. The minimum Gasteiger partial charge on any atom is -0.395 e. The summed E-state index contributed by atoms with van der Waals surface area (Å²) in [5.41, 5.74) is 1.24. The number of aromatic nitrogens is 2. The fraction of sp³-hybridized carbons (Fsp3) is 0.250. The van der Waals surface area contributed by atoms with Crippen LogP contribution < -0.4 is 9.47 Å². The molecule has 4 heterocycles. The van der Waals surface area contributed by atoms with E-state index in [-0.39, 0.29) is 30.9 Å². The SMILES string of the molecule is CN1COCN(Cc2cnc(Cl)s2)/C1=N\[N+](=O)[O-].N#Cc1c[nH]cc1-c1cccc2c1OC(F)(F)O2. The molecule has 188 valence electrons. The van der Waals surface area contributed by atoms with Gasteiger partial charge in [0, 0.05) is 41.6 Å². The molecular formula is C20H16ClF2N7O5S. The molecule has 0 radical (unpaired) electrons. The van der Waals surface area contributed by atoms with Gasteiger partial charge in [-0.25, -0.2) is 15.1 Å². The molecule has 0 spiro atoms. The summed E-state index contributed by atoms with van der Waals surface area (Å²) < 4.78 is 40.6. The Kier molecular flexibility index (Phi) is 7.20. The highest BCUT2D eigenvalue weighted by Crippen LogP contribution is 2.47. The van der Waals surface area contributed by atoms with Gasteiger partial charge >= 0.3 is 6.29 Å². The number of ether oxygens (including phenoxy) is 3. The standard InChI is InChI=1S/C12H6F2N2O2.C8H10ClN5O3S/c13-12(14)17-10-3-1-2-8(11(10)18-12)9-6-16-5-7(9)4-15;1-12-4-17-5-13(8(12)11-14(15)16)3-6-2-10-7(9)18-6/h1-3,5-6,16H;2H,3-5H2,1H3/b;11-8-. The molecule has 0 saturated carbocycles. The second kappa shape index (κ2) is 10.3. The summed E-state index contributed by atoms with van der Waals surface area (Å²) in [4.78, 5) is 21.3. The van der Waals surface area contributed by atoms with E-state index in [2.05, 4.69) is 24.5 Å².